The molecular formula is C31H24F4N6O2. The minimum Gasteiger partial charge on any atom is -0.489 e. The molecule has 0 radical (unpaired) electrons. The average molecular weight is 589 g/mol. The molecule has 1 unspecified atom stereocenters. The van der Waals surface area contributed by atoms with Crippen LogP contribution in [0.4, 0.5) is 17.6 Å². The molecule has 0 saturated carbocycles. The Bertz CT molecular complexity index is 1700. The van der Waals surface area contributed by atoms with Crippen LogP contribution in [0.1, 0.15) is 33.5 Å². The lowest BCUT2D eigenvalue weighted by molar-refractivity contribution is -0.203. The maximum absolute atomic E-state index is 15.8. The highest BCUT2D eigenvalue weighted by Gasteiger charge is 2.58. The number of hydrazone groups is 1. The number of hydrogen-bond acceptors (Lipinski definition) is 7. The van der Waals surface area contributed by atoms with Crippen molar-refractivity contribution >= 4 is 6.34 Å². The van der Waals surface area contributed by atoms with Crippen molar-refractivity contribution in [2.45, 2.75) is 18.1 Å². The number of nitrogens with two attached hydrogens (primary N) is 2. The highest BCUT2D eigenvalue weighted by molar-refractivity contribution is 5.54. The van der Waals surface area contributed by atoms with Gasteiger partial charge in [0.25, 0.3) is 0 Å². The van der Waals surface area contributed by atoms with E-state index in [1.54, 1.807) is 48.5 Å². The van der Waals surface area contributed by atoms with Gasteiger partial charge in [0.1, 0.15) is 36.0 Å². The van der Waals surface area contributed by atoms with Gasteiger partial charge in [-0.1, -0.05) is 24.0 Å². The van der Waals surface area contributed by atoms with Crippen molar-refractivity contribution in [2.24, 2.45) is 16.8 Å². The molecule has 1 atom stereocenters. The molecule has 1 aromatic heterocycles. The average Bonchev–Trinajstić information content (AvgIpc) is 3.00. The lowest BCUT2D eigenvalue weighted by Gasteiger charge is -2.37. The fourth-order valence-electron chi connectivity index (χ4n) is 4.06. The third kappa shape index (κ3) is 7.08. The Labute approximate surface area is 244 Å². The fraction of sp³-hybridized carbons (Fsp3) is 0.129. The number of nitriles is 1. The van der Waals surface area contributed by atoms with Crippen LogP contribution in [0.3, 0.4) is 0 Å². The van der Waals surface area contributed by atoms with E-state index in [1.807, 2.05) is 0 Å². The zero-order valence-corrected chi connectivity index (χ0v) is 22.4. The molecule has 4 aromatic rings. The second-order valence-corrected chi connectivity index (χ2v) is 9.30. The minimum atomic E-state index is -4.22. The molecule has 0 aliphatic heterocycles. The molecule has 5 N–H and O–H groups in total. The SMILES string of the molecule is N#Cc1ccc(COc2ccc(C#Cc3ccc(C(F)(F)C(O)(CN(N)/C=N\N)c4ccc(F)cc4F)nc3)cc2)cc1. The largest absolute Gasteiger partial charge is 0.489 e. The van der Waals surface area contributed by atoms with Gasteiger partial charge in [-0.05, 0) is 66.2 Å². The molecule has 12 heteroatoms. The lowest BCUT2D eigenvalue weighted by atomic mass is 9.84. The Kier molecular flexibility index (Phi) is 9.26. The van der Waals surface area contributed by atoms with Gasteiger partial charge >= 0.3 is 5.92 Å². The standard InChI is InChI=1S/C31H24F4N6O2/c32-25-10-13-27(28(33)15-25)30(42,19-41(38)20-40-37)31(34,35)29-14-9-23(17-39-29)4-1-21-7-11-26(12-8-21)43-18-24-5-2-22(16-36)3-6-24/h2-3,5-15,17,20,42H,18-19,37-38H2/b40-20-. The summed E-state index contributed by atoms with van der Waals surface area (Å²) in [6.07, 6.45) is 1.83. The van der Waals surface area contributed by atoms with E-state index >= 15 is 8.78 Å². The second kappa shape index (κ2) is 13.0. The van der Waals surface area contributed by atoms with Crippen LogP contribution in [-0.2, 0) is 18.1 Å². The number of hydrogen-bond donors (Lipinski definition) is 3. The summed E-state index contributed by atoms with van der Waals surface area (Å²) in [5.74, 6) is 10.3. The molecule has 0 aliphatic carbocycles. The second-order valence-electron chi connectivity index (χ2n) is 9.30. The van der Waals surface area contributed by atoms with Gasteiger partial charge in [0.05, 0.1) is 18.2 Å². The topological polar surface area (TPSA) is 134 Å². The Balaban J connectivity index is 1.50. The van der Waals surface area contributed by atoms with E-state index in [4.69, 9.17) is 21.7 Å². The summed E-state index contributed by atoms with van der Waals surface area (Å²) in [6.45, 7) is -0.758. The molecule has 218 valence electrons. The maximum atomic E-state index is 15.8. The van der Waals surface area contributed by atoms with Gasteiger partial charge in [-0.25, -0.2) is 14.6 Å². The molecule has 0 saturated heterocycles. The summed E-state index contributed by atoms with van der Waals surface area (Å²) in [4.78, 5) is 3.77. The van der Waals surface area contributed by atoms with Crippen LogP contribution in [0.15, 0.2) is 90.2 Å². The zero-order chi connectivity index (χ0) is 31.0. The van der Waals surface area contributed by atoms with Crippen LogP contribution in [0, 0.1) is 34.8 Å². The number of ether oxygens (including phenoxy) is 1. The number of pyridine rings is 1. The van der Waals surface area contributed by atoms with Crippen LogP contribution < -0.4 is 16.4 Å². The Morgan fingerprint density at radius 2 is 1.60 bits per heavy atom. The van der Waals surface area contributed by atoms with Crippen molar-refractivity contribution in [1.29, 1.82) is 5.26 Å². The number of aromatic nitrogens is 1. The van der Waals surface area contributed by atoms with Gasteiger partial charge in [-0.15, -0.1) is 0 Å². The van der Waals surface area contributed by atoms with E-state index in [0.717, 1.165) is 30.2 Å². The molecule has 0 bridgehead atoms. The Morgan fingerprint density at radius 3 is 2.21 bits per heavy atom. The summed E-state index contributed by atoms with van der Waals surface area (Å²) in [7, 11) is 0. The van der Waals surface area contributed by atoms with E-state index < -0.39 is 41.0 Å². The van der Waals surface area contributed by atoms with Gasteiger partial charge in [0.15, 0.2) is 5.60 Å². The van der Waals surface area contributed by atoms with Crippen molar-refractivity contribution in [1.82, 2.24) is 9.99 Å². The first-order chi connectivity index (χ1) is 20.6. The fourth-order valence-corrected chi connectivity index (χ4v) is 4.06. The summed E-state index contributed by atoms with van der Waals surface area (Å²) in [6, 6.07) is 20.0. The van der Waals surface area contributed by atoms with Crippen molar-refractivity contribution in [3.63, 3.8) is 0 Å². The predicted molar refractivity (Wildman–Crippen MR) is 150 cm³/mol. The lowest BCUT2D eigenvalue weighted by Crippen LogP contribution is -2.53. The molecule has 8 nitrogen and oxygen atoms in total. The first-order valence-electron chi connectivity index (χ1n) is 12.6. The van der Waals surface area contributed by atoms with Gasteiger partial charge < -0.3 is 15.7 Å². The van der Waals surface area contributed by atoms with Gasteiger partial charge in [-0.2, -0.15) is 19.1 Å². The van der Waals surface area contributed by atoms with Crippen LogP contribution in [-0.4, -0.2) is 28.0 Å². The Hall–Kier alpha value is -5.43. The molecular weight excluding hydrogens is 564 g/mol. The number of rotatable bonds is 9. The van der Waals surface area contributed by atoms with Gasteiger partial charge in [0, 0.05) is 29.0 Å². The first kappa shape index (κ1) is 30.5. The van der Waals surface area contributed by atoms with Gasteiger partial charge in [-0.3, -0.25) is 9.99 Å². The molecule has 0 amide bonds. The molecule has 43 heavy (non-hydrogen) atoms. The number of aliphatic hydroxyl groups is 1. The minimum absolute atomic E-state index is 0.285. The predicted octanol–water partition coefficient (Wildman–Crippen LogP) is 4.27. The molecule has 3 aromatic carbocycles. The van der Waals surface area contributed by atoms with Crippen molar-refractivity contribution in [3.05, 3.63) is 130 Å². The summed E-state index contributed by atoms with van der Waals surface area (Å²) in [5.41, 5.74) is -2.76. The molecule has 4 rings (SSSR count). The number of benzene rings is 3. The van der Waals surface area contributed by atoms with E-state index in [2.05, 4.69) is 28.0 Å². The van der Waals surface area contributed by atoms with Crippen molar-refractivity contribution < 1.29 is 27.4 Å². The quantitative estimate of drug-likeness (QED) is 0.0664. The monoisotopic (exact) mass is 588 g/mol. The van der Waals surface area contributed by atoms with Gasteiger partial charge in [0.2, 0.25) is 0 Å². The Morgan fingerprint density at radius 1 is 0.953 bits per heavy atom. The van der Waals surface area contributed by atoms with Crippen LogP contribution in [0.2, 0.25) is 0 Å². The van der Waals surface area contributed by atoms with Crippen molar-refractivity contribution in [2.75, 3.05) is 6.54 Å². The number of halogens is 4. The molecule has 1 heterocycles. The van der Waals surface area contributed by atoms with E-state index in [1.165, 1.54) is 6.07 Å². The first-order valence-corrected chi connectivity index (χ1v) is 12.6. The van der Waals surface area contributed by atoms with Crippen molar-refractivity contribution in [3.8, 4) is 23.7 Å². The number of alkyl halides is 2. The summed E-state index contributed by atoms with van der Waals surface area (Å²) in [5, 5.41) is 23.7. The van der Waals surface area contributed by atoms with E-state index in [9.17, 15) is 13.9 Å². The molecule has 0 spiro atoms. The third-order valence-corrected chi connectivity index (χ3v) is 6.30. The maximum Gasteiger partial charge on any atom is 0.323 e. The normalized spacial score (nSPS) is 12.6. The number of hydrazine groups is 1. The number of nitrogens with zero attached hydrogens (tertiary/aromatic N) is 4. The van der Waals surface area contributed by atoms with Crippen LogP contribution in [0.5, 0.6) is 5.75 Å². The van der Waals surface area contributed by atoms with Crippen LogP contribution >= 0.6 is 0 Å². The summed E-state index contributed by atoms with van der Waals surface area (Å²) < 4.78 is 65.5. The molecule has 0 aliphatic rings. The highest BCUT2D eigenvalue weighted by Crippen LogP contribution is 2.46. The third-order valence-electron chi connectivity index (χ3n) is 6.30. The highest BCUT2D eigenvalue weighted by atomic mass is 19.3. The summed E-state index contributed by atoms with van der Waals surface area (Å²) >= 11 is 0. The smallest absolute Gasteiger partial charge is 0.323 e. The van der Waals surface area contributed by atoms with Crippen LogP contribution in [0.25, 0.3) is 0 Å². The van der Waals surface area contributed by atoms with E-state index in [0.29, 0.717) is 40.6 Å². The van der Waals surface area contributed by atoms with E-state index in [-0.39, 0.29) is 5.56 Å². The molecule has 0 fully saturated rings. The zero-order valence-electron chi connectivity index (χ0n) is 22.4.